The first-order chi connectivity index (χ1) is 11.2. The van der Waals surface area contributed by atoms with Gasteiger partial charge in [-0.25, -0.2) is 4.98 Å². The maximum absolute atomic E-state index is 12.0. The molecule has 3 rings (SSSR count). The van der Waals surface area contributed by atoms with Crippen molar-refractivity contribution in [3.63, 3.8) is 0 Å². The maximum atomic E-state index is 12.0. The van der Waals surface area contributed by atoms with E-state index in [4.69, 9.17) is 9.47 Å². The van der Waals surface area contributed by atoms with Gasteiger partial charge in [0.05, 0.1) is 11.0 Å². The summed E-state index contributed by atoms with van der Waals surface area (Å²) in [5.41, 5.74) is 2.13. The molecule has 0 bridgehead atoms. The number of carbonyl (C=O) groups is 1. The highest BCUT2D eigenvalue weighted by Gasteiger charge is 2.19. The summed E-state index contributed by atoms with van der Waals surface area (Å²) in [7, 11) is 2.02. The Labute approximate surface area is 135 Å². The fourth-order valence-corrected chi connectivity index (χ4v) is 2.68. The van der Waals surface area contributed by atoms with Crippen LogP contribution in [0.15, 0.2) is 35.8 Å². The Bertz CT molecular complexity index is 749. The van der Waals surface area contributed by atoms with Gasteiger partial charge in [0, 0.05) is 20.0 Å². The molecule has 0 fully saturated rings. The van der Waals surface area contributed by atoms with E-state index < -0.39 is 0 Å². The van der Waals surface area contributed by atoms with E-state index in [0.29, 0.717) is 31.3 Å². The fraction of sp³-hybridized carbons (Fsp3) is 0.412. The molecule has 122 valence electrons. The van der Waals surface area contributed by atoms with Crippen LogP contribution >= 0.6 is 0 Å². The predicted molar refractivity (Wildman–Crippen MR) is 86.6 cm³/mol. The van der Waals surface area contributed by atoms with Crippen LogP contribution in [0.1, 0.15) is 19.2 Å². The van der Waals surface area contributed by atoms with Crippen molar-refractivity contribution in [1.29, 1.82) is 0 Å². The largest absolute Gasteiger partial charge is 0.491 e. The summed E-state index contributed by atoms with van der Waals surface area (Å²) in [5.74, 6) is 1.64. The molecule has 6 heteroatoms. The Kier molecular flexibility index (Phi) is 4.50. The summed E-state index contributed by atoms with van der Waals surface area (Å²) in [6.45, 7) is 3.23. The zero-order valence-corrected chi connectivity index (χ0v) is 13.5. The molecule has 0 aliphatic carbocycles. The minimum Gasteiger partial charge on any atom is -0.491 e. The van der Waals surface area contributed by atoms with Crippen LogP contribution in [0.4, 0.5) is 0 Å². The van der Waals surface area contributed by atoms with Crippen LogP contribution in [-0.4, -0.2) is 35.2 Å². The number of imidazole rings is 1. The average molecular weight is 315 g/mol. The molecule has 6 nitrogen and oxygen atoms in total. The molecule has 0 unspecified atom stereocenters. The third kappa shape index (κ3) is 3.31. The first-order valence-electron chi connectivity index (χ1n) is 7.82. The number of carbonyl (C=O) groups excluding carboxylic acids is 1. The monoisotopic (exact) mass is 315 g/mol. The molecule has 1 amide bonds. The number of para-hydroxylation sites is 2. The summed E-state index contributed by atoms with van der Waals surface area (Å²) in [6, 6.07) is 8.07. The lowest BCUT2D eigenvalue weighted by Crippen LogP contribution is -2.30. The molecule has 0 radical (unpaired) electrons. The van der Waals surface area contributed by atoms with Crippen molar-refractivity contribution >= 4 is 16.9 Å². The molecule has 1 N–H and O–H groups in total. The number of rotatable bonds is 5. The lowest BCUT2D eigenvalue weighted by atomic mass is 10.3. The van der Waals surface area contributed by atoms with E-state index in [-0.39, 0.29) is 5.91 Å². The zero-order chi connectivity index (χ0) is 16.2. The van der Waals surface area contributed by atoms with Crippen molar-refractivity contribution in [2.24, 2.45) is 7.05 Å². The number of hydrogen-bond donors (Lipinski definition) is 1. The third-order valence-electron chi connectivity index (χ3n) is 3.92. The second-order valence-electron chi connectivity index (χ2n) is 5.52. The second kappa shape index (κ2) is 6.73. The molecule has 2 aromatic rings. The van der Waals surface area contributed by atoms with E-state index in [1.807, 2.05) is 25.2 Å². The number of aromatic nitrogens is 2. The summed E-state index contributed by atoms with van der Waals surface area (Å²) >= 11 is 0. The van der Waals surface area contributed by atoms with Crippen LogP contribution in [0.3, 0.4) is 0 Å². The number of nitrogens with zero attached hydrogens (tertiary/aromatic N) is 2. The summed E-state index contributed by atoms with van der Waals surface area (Å²) < 4.78 is 12.8. The van der Waals surface area contributed by atoms with Crippen molar-refractivity contribution < 1.29 is 14.3 Å². The first kappa shape index (κ1) is 15.4. The quantitative estimate of drug-likeness (QED) is 0.856. The van der Waals surface area contributed by atoms with Gasteiger partial charge in [-0.05, 0) is 25.5 Å². The molecule has 1 aliphatic rings. The fourth-order valence-electron chi connectivity index (χ4n) is 2.68. The average Bonchev–Trinajstić information content (AvgIpc) is 2.88. The molecular formula is C17H21N3O3. The van der Waals surface area contributed by atoms with Gasteiger partial charge in [0.2, 0.25) is 5.76 Å². The molecule has 0 spiro atoms. The van der Waals surface area contributed by atoms with Crippen LogP contribution in [0.25, 0.3) is 11.0 Å². The van der Waals surface area contributed by atoms with Gasteiger partial charge in [-0.15, -0.1) is 0 Å². The molecule has 0 saturated heterocycles. The molecule has 23 heavy (non-hydrogen) atoms. The highest BCUT2D eigenvalue weighted by molar-refractivity contribution is 5.91. The van der Waals surface area contributed by atoms with Gasteiger partial charge in [-0.3, -0.25) is 4.79 Å². The molecule has 2 heterocycles. The Balaban J connectivity index is 1.53. The van der Waals surface area contributed by atoms with E-state index >= 15 is 0 Å². The van der Waals surface area contributed by atoms with Gasteiger partial charge < -0.3 is 19.4 Å². The van der Waals surface area contributed by atoms with E-state index in [0.717, 1.165) is 29.7 Å². The number of hydrogen-bond acceptors (Lipinski definition) is 4. The number of benzene rings is 1. The highest BCUT2D eigenvalue weighted by atomic mass is 16.6. The Morgan fingerprint density at radius 2 is 2.09 bits per heavy atom. The van der Waals surface area contributed by atoms with Gasteiger partial charge >= 0.3 is 0 Å². The molecule has 1 aromatic carbocycles. The van der Waals surface area contributed by atoms with Crippen molar-refractivity contribution in [1.82, 2.24) is 14.9 Å². The molecule has 0 atom stereocenters. The summed E-state index contributed by atoms with van der Waals surface area (Å²) in [4.78, 5) is 16.7. The van der Waals surface area contributed by atoms with Gasteiger partial charge in [0.1, 0.15) is 24.8 Å². The first-order valence-corrected chi connectivity index (χ1v) is 7.82. The number of nitrogens with one attached hydrogen (secondary N) is 1. The number of allylic oxidation sites excluding steroid dienone is 1. The van der Waals surface area contributed by atoms with E-state index in [1.54, 1.807) is 6.92 Å². The van der Waals surface area contributed by atoms with Crippen LogP contribution < -0.4 is 5.32 Å². The smallest absolute Gasteiger partial charge is 0.289 e. The number of amides is 1. The van der Waals surface area contributed by atoms with Gasteiger partial charge in [0.25, 0.3) is 5.91 Å². The Morgan fingerprint density at radius 1 is 1.30 bits per heavy atom. The Morgan fingerprint density at radius 3 is 2.87 bits per heavy atom. The number of fused-ring (bicyclic) bond motifs is 1. The van der Waals surface area contributed by atoms with E-state index in [1.165, 1.54) is 0 Å². The minimum absolute atomic E-state index is 0.216. The molecule has 0 saturated carbocycles. The van der Waals surface area contributed by atoms with Crippen molar-refractivity contribution in [2.75, 3.05) is 19.8 Å². The van der Waals surface area contributed by atoms with Gasteiger partial charge in [0.15, 0.2) is 0 Å². The van der Waals surface area contributed by atoms with Crippen molar-refractivity contribution in [3.8, 4) is 0 Å². The standard InChI is InChI=1S/C17H21N3O3/c1-12-16(23-11-10-22-12)17(21)18-9-5-8-15-19-13-6-3-4-7-14(13)20(15)2/h3-4,6-7H,5,8-11H2,1-2H3,(H,18,21). The van der Waals surface area contributed by atoms with E-state index in [9.17, 15) is 4.79 Å². The van der Waals surface area contributed by atoms with E-state index in [2.05, 4.69) is 20.9 Å². The van der Waals surface area contributed by atoms with Gasteiger partial charge in [-0.2, -0.15) is 0 Å². The molecule has 1 aromatic heterocycles. The van der Waals surface area contributed by atoms with Crippen molar-refractivity contribution in [3.05, 3.63) is 41.6 Å². The highest BCUT2D eigenvalue weighted by Crippen LogP contribution is 2.15. The van der Waals surface area contributed by atoms with Crippen molar-refractivity contribution in [2.45, 2.75) is 19.8 Å². The zero-order valence-electron chi connectivity index (χ0n) is 13.5. The van der Waals surface area contributed by atoms with Crippen LogP contribution in [0, 0.1) is 0 Å². The number of aryl methyl sites for hydroxylation is 2. The normalized spacial score (nSPS) is 14.5. The van der Waals surface area contributed by atoms with Crippen LogP contribution in [-0.2, 0) is 27.7 Å². The van der Waals surface area contributed by atoms with Gasteiger partial charge in [-0.1, -0.05) is 12.1 Å². The topological polar surface area (TPSA) is 65.4 Å². The van der Waals surface area contributed by atoms with Crippen LogP contribution in [0.5, 0.6) is 0 Å². The second-order valence-corrected chi connectivity index (χ2v) is 5.52. The SMILES string of the molecule is CC1=C(C(=O)NCCCc2nc3ccccc3n2C)OCCO1. The lowest BCUT2D eigenvalue weighted by molar-refractivity contribution is -0.122. The Hall–Kier alpha value is -2.50. The third-order valence-corrected chi connectivity index (χ3v) is 3.92. The molecular weight excluding hydrogens is 294 g/mol. The minimum atomic E-state index is -0.216. The van der Waals surface area contributed by atoms with Crippen LogP contribution in [0.2, 0.25) is 0 Å². The predicted octanol–water partition coefficient (Wildman–Crippen LogP) is 1.90. The summed E-state index contributed by atoms with van der Waals surface area (Å²) in [5, 5.41) is 2.87. The maximum Gasteiger partial charge on any atom is 0.289 e. The lowest BCUT2D eigenvalue weighted by Gasteiger charge is -2.19. The molecule has 1 aliphatic heterocycles. The number of ether oxygens (including phenoxy) is 2. The summed E-state index contributed by atoms with van der Waals surface area (Å²) in [6.07, 6.45) is 1.62.